The number of aliphatic hydroxyl groups is 1. The van der Waals surface area contributed by atoms with E-state index in [4.69, 9.17) is 16.3 Å². The fourth-order valence-corrected chi connectivity index (χ4v) is 3.95. The van der Waals surface area contributed by atoms with Crippen LogP contribution in [0.1, 0.15) is 30.2 Å². The molecular weight excluding hydrogens is 232 g/mol. The summed E-state index contributed by atoms with van der Waals surface area (Å²) < 4.78 is 5.75. The summed E-state index contributed by atoms with van der Waals surface area (Å²) in [7, 11) is 0. The molecule has 3 rings (SSSR count). The number of halogens is 1. The zero-order valence-corrected chi connectivity index (χ0v) is 9.80. The molecule has 2 fully saturated rings. The third-order valence-corrected chi connectivity index (χ3v) is 4.90. The SMILES string of the molecule is OC(c1sccc1Cl)C1CC2CCC1O2. The van der Waals surface area contributed by atoms with E-state index in [1.54, 1.807) is 0 Å². The quantitative estimate of drug-likeness (QED) is 0.867. The Morgan fingerprint density at radius 2 is 2.40 bits per heavy atom. The van der Waals surface area contributed by atoms with Gasteiger partial charge in [0.15, 0.2) is 0 Å². The van der Waals surface area contributed by atoms with Gasteiger partial charge in [-0.25, -0.2) is 0 Å². The summed E-state index contributed by atoms with van der Waals surface area (Å²) in [6, 6.07) is 1.85. The first-order chi connectivity index (χ1) is 7.25. The van der Waals surface area contributed by atoms with E-state index in [9.17, 15) is 5.11 Å². The van der Waals surface area contributed by atoms with Gasteiger partial charge in [0.05, 0.1) is 28.2 Å². The summed E-state index contributed by atoms with van der Waals surface area (Å²) in [6.45, 7) is 0. The topological polar surface area (TPSA) is 29.5 Å². The lowest BCUT2D eigenvalue weighted by molar-refractivity contribution is 0.0439. The van der Waals surface area contributed by atoms with Gasteiger partial charge in [-0.05, 0) is 30.7 Å². The lowest BCUT2D eigenvalue weighted by Crippen LogP contribution is -2.23. The second kappa shape index (κ2) is 3.74. The molecule has 4 atom stereocenters. The summed E-state index contributed by atoms with van der Waals surface area (Å²) in [5, 5.41) is 12.9. The molecule has 2 aliphatic rings. The highest BCUT2D eigenvalue weighted by molar-refractivity contribution is 7.10. The van der Waals surface area contributed by atoms with Crippen LogP contribution in [0.2, 0.25) is 5.02 Å². The second-order valence-electron chi connectivity index (χ2n) is 4.35. The van der Waals surface area contributed by atoms with E-state index >= 15 is 0 Å². The zero-order valence-electron chi connectivity index (χ0n) is 8.23. The maximum atomic E-state index is 10.3. The predicted octanol–water partition coefficient (Wildman–Crippen LogP) is 3.00. The van der Waals surface area contributed by atoms with E-state index in [1.165, 1.54) is 11.3 Å². The number of hydrogen-bond acceptors (Lipinski definition) is 3. The van der Waals surface area contributed by atoms with Gasteiger partial charge in [0.1, 0.15) is 0 Å². The molecule has 3 heterocycles. The van der Waals surface area contributed by atoms with Gasteiger partial charge in [0.25, 0.3) is 0 Å². The highest BCUT2D eigenvalue weighted by Crippen LogP contribution is 2.46. The Hall–Kier alpha value is -0.0900. The Morgan fingerprint density at radius 3 is 2.93 bits per heavy atom. The highest BCUT2D eigenvalue weighted by atomic mass is 35.5. The highest BCUT2D eigenvalue weighted by Gasteiger charge is 2.44. The maximum absolute atomic E-state index is 10.3. The maximum Gasteiger partial charge on any atom is 0.0950 e. The predicted molar refractivity (Wildman–Crippen MR) is 60.3 cm³/mol. The van der Waals surface area contributed by atoms with Crippen molar-refractivity contribution in [3.05, 3.63) is 21.3 Å². The average Bonchev–Trinajstić information content (AvgIpc) is 2.91. The first kappa shape index (κ1) is 10.1. The van der Waals surface area contributed by atoms with Crippen molar-refractivity contribution < 1.29 is 9.84 Å². The summed E-state index contributed by atoms with van der Waals surface area (Å²) in [5.74, 6) is 0.250. The number of ether oxygens (including phenoxy) is 1. The van der Waals surface area contributed by atoms with E-state index in [0.29, 0.717) is 11.1 Å². The van der Waals surface area contributed by atoms with Gasteiger partial charge in [-0.1, -0.05) is 11.6 Å². The van der Waals surface area contributed by atoms with E-state index in [2.05, 4.69) is 0 Å². The molecule has 1 N–H and O–H groups in total. The molecule has 4 unspecified atom stereocenters. The normalized spacial score (nSPS) is 36.0. The summed E-state index contributed by atoms with van der Waals surface area (Å²) in [4.78, 5) is 0.901. The first-order valence-corrected chi connectivity index (χ1v) is 6.58. The van der Waals surface area contributed by atoms with Crippen LogP contribution in [0.15, 0.2) is 11.4 Å². The van der Waals surface area contributed by atoms with Gasteiger partial charge in [-0.3, -0.25) is 0 Å². The minimum atomic E-state index is -0.437. The van der Waals surface area contributed by atoms with Crippen molar-refractivity contribution in [1.82, 2.24) is 0 Å². The van der Waals surface area contributed by atoms with Crippen LogP contribution in [0.5, 0.6) is 0 Å². The van der Waals surface area contributed by atoms with Crippen LogP contribution in [-0.4, -0.2) is 17.3 Å². The Bertz CT molecular complexity index is 365. The van der Waals surface area contributed by atoms with Crippen molar-refractivity contribution in [2.75, 3.05) is 0 Å². The molecule has 15 heavy (non-hydrogen) atoms. The zero-order chi connectivity index (χ0) is 10.4. The molecule has 2 aliphatic heterocycles. The first-order valence-electron chi connectivity index (χ1n) is 5.32. The van der Waals surface area contributed by atoms with Crippen LogP contribution >= 0.6 is 22.9 Å². The molecular formula is C11H13ClO2S. The Labute approximate surface area is 97.8 Å². The Kier molecular flexibility index (Phi) is 2.51. The van der Waals surface area contributed by atoms with Gasteiger partial charge >= 0.3 is 0 Å². The van der Waals surface area contributed by atoms with Crippen molar-refractivity contribution in [2.24, 2.45) is 5.92 Å². The number of rotatable bonds is 2. The lowest BCUT2D eigenvalue weighted by atomic mass is 9.85. The second-order valence-corrected chi connectivity index (χ2v) is 5.71. The smallest absolute Gasteiger partial charge is 0.0950 e. The fraction of sp³-hybridized carbons (Fsp3) is 0.636. The van der Waals surface area contributed by atoms with Crippen molar-refractivity contribution in [3.8, 4) is 0 Å². The molecule has 0 aliphatic carbocycles. The Balaban J connectivity index is 1.81. The van der Waals surface area contributed by atoms with Crippen LogP contribution in [0, 0.1) is 5.92 Å². The standard InChI is InChI=1S/C11H13ClO2S/c12-8-3-4-15-11(8)10(13)7-5-6-1-2-9(7)14-6/h3-4,6-7,9-10,13H,1-2,5H2. The number of thiophene rings is 1. The van der Waals surface area contributed by atoms with Crippen molar-refractivity contribution in [1.29, 1.82) is 0 Å². The van der Waals surface area contributed by atoms with Crippen molar-refractivity contribution in [3.63, 3.8) is 0 Å². The van der Waals surface area contributed by atoms with Crippen LogP contribution in [0.25, 0.3) is 0 Å². The minimum Gasteiger partial charge on any atom is -0.387 e. The Morgan fingerprint density at radius 1 is 1.53 bits per heavy atom. The monoisotopic (exact) mass is 244 g/mol. The molecule has 2 bridgehead atoms. The number of hydrogen-bond donors (Lipinski definition) is 1. The van der Waals surface area contributed by atoms with Gasteiger partial charge in [0.2, 0.25) is 0 Å². The summed E-state index contributed by atoms with van der Waals surface area (Å²) in [5.41, 5.74) is 0. The summed E-state index contributed by atoms with van der Waals surface area (Å²) >= 11 is 7.56. The van der Waals surface area contributed by atoms with E-state index in [-0.39, 0.29) is 12.0 Å². The fourth-order valence-electron chi connectivity index (χ4n) is 2.72. The van der Waals surface area contributed by atoms with E-state index in [0.717, 1.165) is 24.1 Å². The van der Waals surface area contributed by atoms with Gasteiger partial charge in [0, 0.05) is 5.92 Å². The lowest BCUT2D eigenvalue weighted by Gasteiger charge is -2.23. The van der Waals surface area contributed by atoms with Gasteiger partial charge < -0.3 is 9.84 Å². The van der Waals surface area contributed by atoms with Gasteiger partial charge in [-0.2, -0.15) is 0 Å². The third-order valence-electron chi connectivity index (χ3n) is 3.47. The number of aliphatic hydroxyl groups excluding tert-OH is 1. The van der Waals surface area contributed by atoms with Crippen molar-refractivity contribution >= 4 is 22.9 Å². The molecule has 4 heteroatoms. The molecule has 0 saturated carbocycles. The minimum absolute atomic E-state index is 0.250. The molecule has 2 saturated heterocycles. The summed E-state index contributed by atoms with van der Waals surface area (Å²) in [6.07, 6.45) is 3.44. The molecule has 82 valence electrons. The third kappa shape index (κ3) is 1.62. The largest absolute Gasteiger partial charge is 0.387 e. The molecule has 2 nitrogen and oxygen atoms in total. The average molecular weight is 245 g/mol. The van der Waals surface area contributed by atoms with Crippen molar-refractivity contribution in [2.45, 2.75) is 37.6 Å². The van der Waals surface area contributed by atoms with Crippen LogP contribution in [0.3, 0.4) is 0 Å². The molecule has 0 aromatic carbocycles. The van der Waals surface area contributed by atoms with Crippen LogP contribution in [-0.2, 0) is 4.74 Å². The molecule has 0 radical (unpaired) electrons. The molecule has 1 aromatic rings. The van der Waals surface area contributed by atoms with Gasteiger partial charge in [-0.15, -0.1) is 11.3 Å². The van der Waals surface area contributed by atoms with Crippen LogP contribution in [0.4, 0.5) is 0 Å². The molecule has 1 aromatic heterocycles. The number of fused-ring (bicyclic) bond motifs is 2. The molecule has 0 spiro atoms. The van der Waals surface area contributed by atoms with E-state index in [1.807, 2.05) is 11.4 Å². The van der Waals surface area contributed by atoms with E-state index < -0.39 is 6.10 Å². The molecule has 0 amide bonds. The van der Waals surface area contributed by atoms with Crippen LogP contribution < -0.4 is 0 Å².